The van der Waals surface area contributed by atoms with Crippen LogP contribution in [0.2, 0.25) is 0 Å². The van der Waals surface area contributed by atoms with Gasteiger partial charge >= 0.3 is 5.97 Å². The summed E-state index contributed by atoms with van der Waals surface area (Å²) in [5.41, 5.74) is 0.397. The third kappa shape index (κ3) is 2.50. The SMILES string of the molecule is O=C(O)c1cncc(C(Cl)(Cl)CCl)c1. The van der Waals surface area contributed by atoms with Crippen LogP contribution in [0.25, 0.3) is 0 Å². The summed E-state index contributed by atoms with van der Waals surface area (Å²) in [4.78, 5) is 14.3. The minimum atomic E-state index is -1.31. The summed E-state index contributed by atoms with van der Waals surface area (Å²) in [7, 11) is 0. The Hall–Kier alpha value is -0.510. The van der Waals surface area contributed by atoms with Gasteiger partial charge in [0.25, 0.3) is 0 Å². The van der Waals surface area contributed by atoms with E-state index in [1.165, 1.54) is 18.5 Å². The average Bonchev–Trinajstić information content (AvgIpc) is 2.18. The van der Waals surface area contributed by atoms with E-state index in [1.54, 1.807) is 0 Å². The zero-order valence-corrected chi connectivity index (χ0v) is 9.14. The van der Waals surface area contributed by atoms with Gasteiger partial charge in [0, 0.05) is 18.0 Å². The molecule has 0 amide bonds. The molecule has 0 fully saturated rings. The van der Waals surface area contributed by atoms with E-state index >= 15 is 0 Å². The van der Waals surface area contributed by atoms with Gasteiger partial charge in [-0.2, -0.15) is 0 Å². The minimum Gasteiger partial charge on any atom is -0.478 e. The van der Waals surface area contributed by atoms with Crippen molar-refractivity contribution in [2.24, 2.45) is 0 Å². The van der Waals surface area contributed by atoms with E-state index in [9.17, 15) is 4.79 Å². The highest BCUT2D eigenvalue weighted by Gasteiger charge is 2.26. The maximum absolute atomic E-state index is 10.6. The summed E-state index contributed by atoms with van der Waals surface area (Å²) in [6.07, 6.45) is 2.60. The highest BCUT2D eigenvalue weighted by molar-refractivity contribution is 6.51. The number of halogens is 3. The molecule has 0 unspecified atom stereocenters. The van der Waals surface area contributed by atoms with Crippen molar-refractivity contribution in [2.45, 2.75) is 4.33 Å². The Labute approximate surface area is 95.6 Å². The lowest BCUT2D eigenvalue weighted by Gasteiger charge is -2.15. The molecule has 0 bridgehead atoms. The molecule has 1 N–H and O–H groups in total. The topological polar surface area (TPSA) is 50.2 Å². The highest BCUT2D eigenvalue weighted by Crippen LogP contribution is 2.34. The molecule has 0 aromatic carbocycles. The predicted octanol–water partition coefficient (Wildman–Crippen LogP) is 2.65. The van der Waals surface area contributed by atoms with Gasteiger partial charge < -0.3 is 5.11 Å². The molecule has 0 aliphatic rings. The molecule has 1 aromatic heterocycles. The quantitative estimate of drug-likeness (QED) is 0.844. The van der Waals surface area contributed by atoms with E-state index in [0.29, 0.717) is 5.56 Å². The van der Waals surface area contributed by atoms with Gasteiger partial charge in [0.15, 0.2) is 4.33 Å². The van der Waals surface area contributed by atoms with Crippen LogP contribution in [-0.2, 0) is 4.33 Å². The normalized spacial score (nSPS) is 11.4. The van der Waals surface area contributed by atoms with Gasteiger partial charge in [-0.3, -0.25) is 4.98 Å². The lowest BCUT2D eigenvalue weighted by molar-refractivity contribution is 0.0696. The van der Waals surface area contributed by atoms with Crippen molar-refractivity contribution in [1.29, 1.82) is 0 Å². The number of carboxylic acids is 1. The lowest BCUT2D eigenvalue weighted by Crippen LogP contribution is -2.13. The van der Waals surface area contributed by atoms with Crippen molar-refractivity contribution in [3.8, 4) is 0 Å². The summed E-state index contributed by atoms with van der Waals surface area (Å²) < 4.78 is -1.31. The first-order valence-electron chi connectivity index (χ1n) is 3.60. The van der Waals surface area contributed by atoms with E-state index in [4.69, 9.17) is 39.9 Å². The van der Waals surface area contributed by atoms with Gasteiger partial charge in [-0.05, 0) is 6.07 Å². The van der Waals surface area contributed by atoms with Gasteiger partial charge in [-0.25, -0.2) is 4.79 Å². The monoisotopic (exact) mass is 253 g/mol. The van der Waals surface area contributed by atoms with Crippen LogP contribution < -0.4 is 0 Å². The van der Waals surface area contributed by atoms with Gasteiger partial charge in [-0.15, -0.1) is 11.6 Å². The molecule has 14 heavy (non-hydrogen) atoms. The van der Waals surface area contributed by atoms with Crippen LogP contribution in [0.15, 0.2) is 18.5 Å². The number of hydrogen-bond acceptors (Lipinski definition) is 2. The number of hydrogen-bond donors (Lipinski definition) is 1. The Balaban J connectivity index is 3.12. The fourth-order valence-corrected chi connectivity index (χ4v) is 1.20. The summed E-state index contributed by atoms with van der Waals surface area (Å²) in [5.74, 6) is -1.13. The highest BCUT2D eigenvalue weighted by atomic mass is 35.5. The van der Waals surface area contributed by atoms with Crippen LogP contribution in [0.3, 0.4) is 0 Å². The van der Waals surface area contributed by atoms with Crippen molar-refractivity contribution in [2.75, 3.05) is 5.88 Å². The summed E-state index contributed by atoms with van der Waals surface area (Å²) in [6.45, 7) is 0. The lowest BCUT2D eigenvalue weighted by atomic mass is 10.1. The zero-order chi connectivity index (χ0) is 10.8. The van der Waals surface area contributed by atoms with E-state index < -0.39 is 10.3 Å². The van der Waals surface area contributed by atoms with Gasteiger partial charge in [-0.1, -0.05) is 23.2 Å². The summed E-state index contributed by atoms with van der Waals surface area (Å²) in [5, 5.41) is 8.69. The molecule has 0 saturated carbocycles. The average molecular weight is 254 g/mol. The minimum absolute atomic E-state index is 0.0262. The van der Waals surface area contributed by atoms with Crippen molar-refractivity contribution >= 4 is 40.8 Å². The molecular weight excluding hydrogens is 248 g/mol. The number of aromatic carboxylic acids is 1. The Morgan fingerprint density at radius 1 is 1.50 bits per heavy atom. The first kappa shape index (κ1) is 11.6. The molecule has 6 heteroatoms. The molecule has 0 radical (unpaired) electrons. The number of alkyl halides is 3. The molecule has 3 nitrogen and oxygen atoms in total. The third-order valence-corrected chi connectivity index (χ3v) is 2.95. The van der Waals surface area contributed by atoms with Crippen molar-refractivity contribution in [3.05, 3.63) is 29.6 Å². The fraction of sp³-hybridized carbons (Fsp3) is 0.250. The predicted molar refractivity (Wildman–Crippen MR) is 55.3 cm³/mol. The van der Waals surface area contributed by atoms with Crippen molar-refractivity contribution in [3.63, 3.8) is 0 Å². The van der Waals surface area contributed by atoms with E-state index in [0.717, 1.165) is 0 Å². The molecule has 1 heterocycles. The molecule has 0 aliphatic carbocycles. The number of nitrogens with zero attached hydrogens (tertiary/aromatic N) is 1. The van der Waals surface area contributed by atoms with E-state index in [1.807, 2.05) is 0 Å². The van der Waals surface area contributed by atoms with Crippen LogP contribution in [0.1, 0.15) is 15.9 Å². The number of pyridine rings is 1. The number of carboxylic acid groups (broad SMARTS) is 1. The molecular formula is C8H6Cl3NO2. The van der Waals surface area contributed by atoms with Crippen LogP contribution >= 0.6 is 34.8 Å². The number of aromatic nitrogens is 1. The molecule has 0 spiro atoms. The van der Waals surface area contributed by atoms with Gasteiger partial charge in [0.2, 0.25) is 0 Å². The Morgan fingerprint density at radius 3 is 2.64 bits per heavy atom. The number of rotatable bonds is 3. The second kappa shape index (κ2) is 4.34. The zero-order valence-electron chi connectivity index (χ0n) is 6.88. The summed E-state index contributed by atoms with van der Waals surface area (Å²) in [6, 6.07) is 1.34. The smallest absolute Gasteiger partial charge is 0.337 e. The Morgan fingerprint density at radius 2 is 2.14 bits per heavy atom. The standard InChI is InChI=1S/C8H6Cl3NO2/c9-4-8(10,11)6-1-5(7(13)14)2-12-3-6/h1-3H,4H2,(H,13,14). The Kier molecular flexibility index (Phi) is 3.59. The van der Waals surface area contributed by atoms with Crippen LogP contribution in [0, 0.1) is 0 Å². The van der Waals surface area contributed by atoms with Crippen molar-refractivity contribution < 1.29 is 9.90 Å². The second-order valence-corrected chi connectivity index (χ2v) is 4.36. The molecule has 1 aromatic rings. The van der Waals surface area contributed by atoms with Crippen LogP contribution in [-0.4, -0.2) is 21.9 Å². The molecule has 76 valence electrons. The van der Waals surface area contributed by atoms with E-state index in [-0.39, 0.29) is 11.4 Å². The summed E-state index contributed by atoms with van der Waals surface area (Å²) >= 11 is 17.2. The first-order chi connectivity index (χ1) is 6.47. The van der Waals surface area contributed by atoms with E-state index in [2.05, 4.69) is 4.98 Å². The van der Waals surface area contributed by atoms with Crippen molar-refractivity contribution in [1.82, 2.24) is 4.98 Å². The maximum atomic E-state index is 10.6. The molecule has 1 rings (SSSR count). The largest absolute Gasteiger partial charge is 0.478 e. The maximum Gasteiger partial charge on any atom is 0.337 e. The Bertz CT molecular complexity index is 354. The number of carbonyl (C=O) groups is 1. The molecule has 0 saturated heterocycles. The van der Waals surface area contributed by atoms with Gasteiger partial charge in [0.1, 0.15) is 0 Å². The van der Waals surface area contributed by atoms with Crippen LogP contribution in [0.5, 0.6) is 0 Å². The fourth-order valence-electron chi connectivity index (χ4n) is 0.834. The third-order valence-electron chi connectivity index (χ3n) is 1.58. The molecule has 0 aliphatic heterocycles. The first-order valence-corrected chi connectivity index (χ1v) is 4.89. The second-order valence-electron chi connectivity index (χ2n) is 2.61. The molecule has 0 atom stereocenters. The van der Waals surface area contributed by atoms with Gasteiger partial charge in [0.05, 0.1) is 11.4 Å². The van der Waals surface area contributed by atoms with Crippen LogP contribution in [0.4, 0.5) is 0 Å².